The molecule has 102 valence electrons. The zero-order valence-electron chi connectivity index (χ0n) is 11.7. The standard InChI is InChI=1S/C15H24BrNS/c1-4-15(8-6-7-9-15)14(17-5-2)13-12(16)10-11(3)18-13/h10,14,17H,4-9H2,1-3H3. The summed E-state index contributed by atoms with van der Waals surface area (Å²) in [5.74, 6) is 0. The van der Waals surface area contributed by atoms with Crippen molar-refractivity contribution in [3.63, 3.8) is 0 Å². The van der Waals surface area contributed by atoms with Gasteiger partial charge in [-0.3, -0.25) is 0 Å². The topological polar surface area (TPSA) is 12.0 Å². The third-order valence-corrected chi connectivity index (χ3v) is 6.46. The van der Waals surface area contributed by atoms with Crippen molar-refractivity contribution >= 4 is 27.3 Å². The molecule has 0 saturated heterocycles. The lowest BCUT2D eigenvalue weighted by atomic mass is 9.75. The molecule has 0 bridgehead atoms. The van der Waals surface area contributed by atoms with Gasteiger partial charge < -0.3 is 5.32 Å². The summed E-state index contributed by atoms with van der Waals surface area (Å²) >= 11 is 5.71. The van der Waals surface area contributed by atoms with E-state index in [0.717, 1.165) is 6.54 Å². The van der Waals surface area contributed by atoms with Gasteiger partial charge in [-0.2, -0.15) is 0 Å². The second kappa shape index (κ2) is 6.06. The average Bonchev–Trinajstić information content (AvgIpc) is 2.94. The zero-order chi connectivity index (χ0) is 13.2. The van der Waals surface area contributed by atoms with Gasteiger partial charge in [0.25, 0.3) is 0 Å². The van der Waals surface area contributed by atoms with E-state index in [1.165, 1.54) is 46.3 Å². The number of halogens is 1. The van der Waals surface area contributed by atoms with Crippen LogP contribution in [0.5, 0.6) is 0 Å². The van der Waals surface area contributed by atoms with Gasteiger partial charge in [-0.1, -0.05) is 26.7 Å². The lowest BCUT2D eigenvalue weighted by Crippen LogP contribution is -2.35. The van der Waals surface area contributed by atoms with Crippen LogP contribution in [0.1, 0.15) is 61.7 Å². The van der Waals surface area contributed by atoms with Crippen molar-refractivity contribution in [2.75, 3.05) is 6.54 Å². The van der Waals surface area contributed by atoms with Gasteiger partial charge in [0, 0.05) is 20.3 Å². The molecule has 1 atom stereocenters. The number of rotatable bonds is 5. The van der Waals surface area contributed by atoms with Gasteiger partial charge in [-0.15, -0.1) is 11.3 Å². The van der Waals surface area contributed by atoms with Gasteiger partial charge in [0.1, 0.15) is 0 Å². The van der Waals surface area contributed by atoms with Crippen LogP contribution in [0, 0.1) is 12.3 Å². The molecule has 2 rings (SSSR count). The lowest BCUT2D eigenvalue weighted by molar-refractivity contribution is 0.191. The molecule has 0 spiro atoms. The summed E-state index contributed by atoms with van der Waals surface area (Å²) < 4.78 is 1.30. The molecule has 1 aliphatic rings. The summed E-state index contributed by atoms with van der Waals surface area (Å²) in [6.45, 7) is 7.84. The fourth-order valence-electron chi connectivity index (χ4n) is 3.41. The fraction of sp³-hybridized carbons (Fsp3) is 0.733. The minimum Gasteiger partial charge on any atom is -0.309 e. The maximum absolute atomic E-state index is 3.77. The second-order valence-electron chi connectivity index (χ2n) is 5.48. The molecule has 1 nitrogen and oxygen atoms in total. The summed E-state index contributed by atoms with van der Waals surface area (Å²) in [5.41, 5.74) is 0.482. The van der Waals surface area contributed by atoms with E-state index in [-0.39, 0.29) is 0 Å². The molecular weight excluding hydrogens is 306 g/mol. The zero-order valence-corrected chi connectivity index (χ0v) is 14.1. The van der Waals surface area contributed by atoms with Crippen LogP contribution in [-0.2, 0) is 0 Å². The van der Waals surface area contributed by atoms with Crippen LogP contribution in [0.3, 0.4) is 0 Å². The Morgan fingerprint density at radius 3 is 2.50 bits per heavy atom. The first-order valence-electron chi connectivity index (χ1n) is 7.12. The molecule has 0 amide bonds. The van der Waals surface area contributed by atoms with Crippen LogP contribution in [0.25, 0.3) is 0 Å². The van der Waals surface area contributed by atoms with Gasteiger partial charge in [-0.25, -0.2) is 0 Å². The molecule has 3 heteroatoms. The first-order valence-corrected chi connectivity index (χ1v) is 8.73. The molecule has 1 saturated carbocycles. The number of hydrogen-bond donors (Lipinski definition) is 1. The lowest BCUT2D eigenvalue weighted by Gasteiger charge is -2.37. The summed E-state index contributed by atoms with van der Waals surface area (Å²) in [6.07, 6.45) is 6.85. The quantitative estimate of drug-likeness (QED) is 0.758. The van der Waals surface area contributed by atoms with Gasteiger partial charge in [0.15, 0.2) is 0 Å². The molecule has 0 aromatic carbocycles. The van der Waals surface area contributed by atoms with Crippen LogP contribution >= 0.6 is 27.3 Å². The molecule has 1 aromatic rings. The van der Waals surface area contributed by atoms with Crippen molar-refractivity contribution in [3.05, 3.63) is 20.3 Å². The minimum atomic E-state index is 0.482. The van der Waals surface area contributed by atoms with Crippen molar-refractivity contribution in [1.29, 1.82) is 0 Å². The van der Waals surface area contributed by atoms with Crippen molar-refractivity contribution < 1.29 is 0 Å². The minimum absolute atomic E-state index is 0.482. The molecule has 1 aromatic heterocycles. The highest BCUT2D eigenvalue weighted by atomic mass is 79.9. The number of nitrogens with one attached hydrogen (secondary N) is 1. The van der Waals surface area contributed by atoms with Crippen LogP contribution in [0.2, 0.25) is 0 Å². The molecule has 0 aliphatic heterocycles. The molecule has 1 unspecified atom stereocenters. The van der Waals surface area contributed by atoms with Crippen molar-refractivity contribution in [1.82, 2.24) is 5.32 Å². The Kier molecular flexibility index (Phi) is 4.90. The largest absolute Gasteiger partial charge is 0.309 e. The van der Waals surface area contributed by atoms with Crippen LogP contribution in [0.4, 0.5) is 0 Å². The highest BCUT2D eigenvalue weighted by Crippen LogP contribution is 2.52. The van der Waals surface area contributed by atoms with Crippen molar-refractivity contribution in [2.24, 2.45) is 5.41 Å². The first-order chi connectivity index (χ1) is 8.63. The van der Waals surface area contributed by atoms with E-state index in [4.69, 9.17) is 0 Å². The number of aryl methyl sites for hydroxylation is 1. The summed E-state index contributed by atoms with van der Waals surface area (Å²) in [4.78, 5) is 2.92. The fourth-order valence-corrected chi connectivity index (χ4v) is 5.51. The SMILES string of the molecule is CCNC(c1sc(C)cc1Br)C1(CC)CCCC1. The van der Waals surface area contributed by atoms with Gasteiger partial charge >= 0.3 is 0 Å². The first kappa shape index (κ1) is 14.5. The molecule has 1 N–H and O–H groups in total. The smallest absolute Gasteiger partial charge is 0.0483 e. The highest BCUT2D eigenvalue weighted by Gasteiger charge is 2.41. The van der Waals surface area contributed by atoms with E-state index in [1.54, 1.807) is 0 Å². The van der Waals surface area contributed by atoms with Gasteiger partial charge in [-0.05, 0) is 60.1 Å². The van der Waals surface area contributed by atoms with Gasteiger partial charge in [0.05, 0.1) is 0 Å². The van der Waals surface area contributed by atoms with E-state index in [2.05, 4.69) is 48.1 Å². The van der Waals surface area contributed by atoms with E-state index >= 15 is 0 Å². The molecule has 18 heavy (non-hydrogen) atoms. The number of thiophene rings is 1. The van der Waals surface area contributed by atoms with E-state index in [9.17, 15) is 0 Å². The Morgan fingerprint density at radius 2 is 2.06 bits per heavy atom. The summed E-state index contributed by atoms with van der Waals surface area (Å²) in [5, 5.41) is 3.77. The van der Waals surface area contributed by atoms with E-state index < -0.39 is 0 Å². The molecule has 1 aliphatic carbocycles. The third-order valence-electron chi connectivity index (χ3n) is 4.42. The maximum Gasteiger partial charge on any atom is 0.0483 e. The van der Waals surface area contributed by atoms with E-state index in [1.807, 2.05) is 11.3 Å². The third kappa shape index (κ3) is 2.68. The Hall–Kier alpha value is 0.140. The maximum atomic E-state index is 3.77. The molecule has 0 radical (unpaired) electrons. The van der Waals surface area contributed by atoms with Crippen LogP contribution < -0.4 is 5.32 Å². The van der Waals surface area contributed by atoms with Gasteiger partial charge in [0.2, 0.25) is 0 Å². The Morgan fingerprint density at radius 1 is 1.39 bits per heavy atom. The Balaban J connectivity index is 2.35. The van der Waals surface area contributed by atoms with Crippen LogP contribution in [-0.4, -0.2) is 6.54 Å². The Labute approximate surface area is 123 Å². The van der Waals surface area contributed by atoms with Crippen LogP contribution in [0.15, 0.2) is 10.5 Å². The highest BCUT2D eigenvalue weighted by molar-refractivity contribution is 9.10. The predicted octanol–water partition coefficient (Wildman–Crippen LogP) is 5.44. The average molecular weight is 330 g/mol. The molecule has 1 fully saturated rings. The Bertz CT molecular complexity index is 393. The molecular formula is C15H24BrNS. The normalized spacial score (nSPS) is 20.2. The monoisotopic (exact) mass is 329 g/mol. The van der Waals surface area contributed by atoms with Crippen molar-refractivity contribution in [3.8, 4) is 0 Å². The summed E-state index contributed by atoms with van der Waals surface area (Å²) in [7, 11) is 0. The summed E-state index contributed by atoms with van der Waals surface area (Å²) in [6, 6.07) is 2.80. The van der Waals surface area contributed by atoms with E-state index in [0.29, 0.717) is 11.5 Å². The predicted molar refractivity (Wildman–Crippen MR) is 84.4 cm³/mol. The second-order valence-corrected chi connectivity index (χ2v) is 7.63. The molecule has 1 heterocycles. The number of hydrogen-bond acceptors (Lipinski definition) is 2. The van der Waals surface area contributed by atoms with Crippen molar-refractivity contribution in [2.45, 2.75) is 58.9 Å².